The quantitative estimate of drug-likeness (QED) is 0.0529. The third-order valence-corrected chi connectivity index (χ3v) is 26.6. The number of hydrogen-bond acceptors (Lipinski definition) is 4. The Bertz CT molecular complexity index is 5330. The van der Waals surface area contributed by atoms with Crippen LogP contribution in [0.25, 0.3) is 162 Å². The molecule has 0 aliphatic carbocycles. The van der Waals surface area contributed by atoms with Crippen molar-refractivity contribution in [2.45, 2.75) is 92.9 Å². The summed E-state index contributed by atoms with van der Waals surface area (Å²) < 4.78 is 36.1. The molecule has 0 unspecified atom stereocenters. The molecule has 0 bridgehead atoms. The van der Waals surface area contributed by atoms with Crippen LogP contribution in [0.1, 0.15) is 80.0 Å². The molecule has 460 valence electrons. The maximum Gasteiger partial charge on any atom is 0.0967 e. The number of rotatable bonds is 12. The Labute approximate surface area is 568 Å². The van der Waals surface area contributed by atoms with Crippen molar-refractivity contribution < 1.29 is 18.9 Å². The minimum Gasteiger partial charge on any atom is -0.109 e. The zero-order chi connectivity index (χ0) is 63.3. The molecule has 13 aromatic carbocycles. The first-order valence-corrected chi connectivity index (χ1v) is 38.8. The SMILES string of the molecule is CCCc1[se]c(C)c2c3cc4ccccc4cc3c3cc4c(cc3c12)c(OC)c(OC)c1cc2c(cc14)c1cc3c(cc1c1c(CCC)[se]c(CCC)c21)c(OC)c(OC)c1cc2c(cc13)c1cc3ccccc3cc1c1c(C)[se]c(CCC)c21.ClCCl.ClCCl. The standard InChI is InChI=1S/C78H66O4Se3.2CH2Cl2/c1-11-19-65-71-57-35-61-51(31-47(57)45-27-41-23-15-17-25-43(41)29-55(45)69(71)39(5)83-65)53-33-49-50-34-54-52-32-48-46-28-42-24-16-18-26-44(42)30-56(46)70-40(6)84-66(20-12-2)72(70)58(48)36-62(52)76(80-8)78(82-10)64(54)38-60(50)74-68(22-14-4)85-67(21-13-3)73(74)59(49)37-63(53)77(81-9)75(61)79-7;2*2-1-3/h15-18,23-38H,11-14,19-22H2,1-10H3;2*1H2. The van der Waals surface area contributed by atoms with Crippen molar-refractivity contribution in [3.8, 4) is 23.0 Å². The Balaban J connectivity index is 0.00000116. The molecule has 0 spiro atoms. The van der Waals surface area contributed by atoms with Crippen LogP contribution in [0.2, 0.25) is 0 Å². The van der Waals surface area contributed by atoms with Crippen LogP contribution in [0.3, 0.4) is 0 Å². The van der Waals surface area contributed by atoms with Crippen LogP contribution in [0.4, 0.5) is 0 Å². The average molecular weight is 1470 g/mol. The van der Waals surface area contributed by atoms with Crippen LogP contribution in [-0.4, -0.2) is 82.6 Å². The Hall–Kier alpha value is -5.88. The van der Waals surface area contributed by atoms with Crippen molar-refractivity contribution >= 4 is 252 Å². The van der Waals surface area contributed by atoms with E-state index in [0.717, 1.165) is 95.9 Å². The van der Waals surface area contributed by atoms with Gasteiger partial charge in [0.2, 0.25) is 0 Å². The number of hydrogen-bond donors (Lipinski definition) is 0. The summed E-state index contributed by atoms with van der Waals surface area (Å²) in [6, 6.07) is 47.8. The first-order valence-electron chi connectivity index (χ1n) is 31.6. The van der Waals surface area contributed by atoms with Crippen LogP contribution in [-0.2, 0) is 25.7 Å². The molecule has 16 rings (SSSR count). The second-order valence-electron chi connectivity index (χ2n) is 24.0. The molecule has 3 aromatic heterocycles. The third kappa shape index (κ3) is 9.84. The second-order valence-corrected chi connectivity index (χ2v) is 33.6. The zero-order valence-electron chi connectivity index (χ0n) is 53.0. The Morgan fingerprint density at radius 2 is 0.473 bits per heavy atom. The molecule has 11 heteroatoms. The molecule has 0 aliphatic rings. The fourth-order valence-corrected chi connectivity index (χ4v) is 24.2. The van der Waals surface area contributed by atoms with E-state index in [0.29, 0.717) is 0 Å². The summed E-state index contributed by atoms with van der Waals surface area (Å²) in [5, 5.41) is 38.8. The maximum absolute atomic E-state index is 6.68. The van der Waals surface area contributed by atoms with Gasteiger partial charge >= 0.3 is 516 Å². The van der Waals surface area contributed by atoms with Crippen LogP contribution in [0.15, 0.2) is 121 Å². The molecule has 0 saturated heterocycles. The predicted octanol–water partition coefficient (Wildman–Crippen LogP) is 23.5. The van der Waals surface area contributed by atoms with Crippen molar-refractivity contribution in [3.05, 3.63) is 148 Å². The molecule has 0 radical (unpaired) electrons. The minimum absolute atomic E-state index is 0.194. The first-order chi connectivity index (χ1) is 44.5. The molecule has 0 atom stereocenters. The summed E-state index contributed by atoms with van der Waals surface area (Å²) >= 11 is 19.8. The van der Waals surface area contributed by atoms with E-state index in [9.17, 15) is 0 Å². The molecular weight excluding hydrogens is 1400 g/mol. The number of fused-ring (bicyclic) bond motifs is 26. The largest absolute Gasteiger partial charge is 0.109 e. The molecule has 91 heavy (non-hydrogen) atoms. The molecule has 0 fully saturated rings. The van der Waals surface area contributed by atoms with Gasteiger partial charge in [0.25, 0.3) is 0 Å². The third-order valence-electron chi connectivity index (χ3n) is 19.0. The fraction of sp³-hybridized carbons (Fsp3) is 0.250. The first kappa shape index (κ1) is 62.6. The van der Waals surface area contributed by atoms with E-state index in [-0.39, 0.29) is 54.2 Å². The normalized spacial score (nSPS) is 12.1. The molecule has 0 aliphatic heterocycles. The Morgan fingerprint density at radius 3 is 0.725 bits per heavy atom. The van der Waals surface area contributed by atoms with Crippen LogP contribution < -0.4 is 18.9 Å². The van der Waals surface area contributed by atoms with E-state index in [1.54, 1.807) is 17.7 Å². The summed E-state index contributed by atoms with van der Waals surface area (Å²) in [4.78, 5) is 0. The molecule has 0 saturated carbocycles. The van der Waals surface area contributed by atoms with E-state index in [2.05, 4.69) is 163 Å². The molecule has 4 nitrogen and oxygen atoms in total. The molecule has 0 amide bonds. The van der Waals surface area contributed by atoms with Gasteiger partial charge in [-0.3, -0.25) is 0 Å². The number of alkyl halides is 4. The monoisotopic (exact) mass is 1470 g/mol. The average Bonchev–Trinajstić information content (AvgIpc) is 1.69. The number of methoxy groups -OCH3 is 4. The van der Waals surface area contributed by atoms with Gasteiger partial charge in [0.1, 0.15) is 0 Å². The van der Waals surface area contributed by atoms with E-state index < -0.39 is 0 Å². The van der Waals surface area contributed by atoms with Gasteiger partial charge in [0, 0.05) is 0 Å². The molecule has 0 N–H and O–H groups in total. The molecule has 16 aromatic rings. The van der Waals surface area contributed by atoms with E-state index in [1.807, 2.05) is 28.4 Å². The van der Waals surface area contributed by atoms with Crippen molar-refractivity contribution in [2.75, 3.05) is 39.1 Å². The number of benzene rings is 13. The van der Waals surface area contributed by atoms with E-state index in [1.165, 1.54) is 149 Å². The van der Waals surface area contributed by atoms with Gasteiger partial charge < -0.3 is 0 Å². The smallest absolute Gasteiger partial charge is 0.0967 e. The van der Waals surface area contributed by atoms with Gasteiger partial charge in [-0.15, -0.1) is 46.4 Å². The minimum atomic E-state index is 0.194. The van der Waals surface area contributed by atoms with Gasteiger partial charge in [-0.25, -0.2) is 0 Å². The summed E-state index contributed by atoms with van der Waals surface area (Å²) in [6.45, 7) is 14.1. The van der Waals surface area contributed by atoms with Crippen LogP contribution >= 0.6 is 46.4 Å². The van der Waals surface area contributed by atoms with Gasteiger partial charge in [-0.1, -0.05) is 0 Å². The van der Waals surface area contributed by atoms with Crippen molar-refractivity contribution in [2.24, 2.45) is 0 Å². The fourth-order valence-electron chi connectivity index (χ4n) is 15.5. The number of aryl methyl sites for hydroxylation is 6. The zero-order valence-corrected chi connectivity index (χ0v) is 61.2. The summed E-state index contributed by atoms with van der Waals surface area (Å²) in [6.07, 6.45) is 8.74. The van der Waals surface area contributed by atoms with Crippen LogP contribution in [0, 0.1) is 13.8 Å². The summed E-state index contributed by atoms with van der Waals surface area (Å²) in [7, 11) is 7.33. The van der Waals surface area contributed by atoms with Gasteiger partial charge in [0.15, 0.2) is 0 Å². The van der Waals surface area contributed by atoms with Crippen molar-refractivity contribution in [1.82, 2.24) is 0 Å². The Morgan fingerprint density at radius 1 is 0.275 bits per heavy atom. The number of ether oxygens (including phenoxy) is 4. The number of halogens is 4. The maximum atomic E-state index is 6.68. The predicted molar refractivity (Wildman–Crippen MR) is 405 cm³/mol. The summed E-state index contributed by atoms with van der Waals surface area (Å²) in [5.41, 5.74) is 0. The Kier molecular flexibility index (Phi) is 17.5. The van der Waals surface area contributed by atoms with Gasteiger partial charge in [-0.2, -0.15) is 0 Å². The molecule has 3 heterocycles. The summed E-state index contributed by atoms with van der Waals surface area (Å²) in [5.74, 6) is 3.17. The van der Waals surface area contributed by atoms with E-state index >= 15 is 0 Å². The second kappa shape index (κ2) is 25.4. The van der Waals surface area contributed by atoms with Crippen molar-refractivity contribution in [1.29, 1.82) is 0 Å². The topological polar surface area (TPSA) is 36.9 Å². The van der Waals surface area contributed by atoms with Crippen molar-refractivity contribution in [3.63, 3.8) is 0 Å². The van der Waals surface area contributed by atoms with Gasteiger partial charge in [-0.05, 0) is 0 Å². The van der Waals surface area contributed by atoms with Crippen LogP contribution in [0.5, 0.6) is 23.0 Å². The molecular formula is C80H70Cl4O4Se3. The van der Waals surface area contributed by atoms with Gasteiger partial charge in [0.05, 0.1) is 10.7 Å². The van der Waals surface area contributed by atoms with E-state index in [4.69, 9.17) is 65.4 Å².